The molecule has 0 bridgehead atoms. The lowest BCUT2D eigenvalue weighted by Crippen LogP contribution is -2.48. The maximum atomic E-state index is 12.0. The minimum atomic E-state index is -1.16. The molecule has 2 atom stereocenters. The van der Waals surface area contributed by atoms with E-state index >= 15 is 0 Å². The van der Waals surface area contributed by atoms with Gasteiger partial charge in [-0.15, -0.1) is 0 Å². The fourth-order valence-electron chi connectivity index (χ4n) is 2.13. The van der Waals surface area contributed by atoms with Gasteiger partial charge in [0.05, 0.1) is 0 Å². The molecule has 1 unspecified atom stereocenters. The second kappa shape index (κ2) is 7.09. The number of aliphatic carboxylic acids is 1. The minimum Gasteiger partial charge on any atom is -0.480 e. The molecule has 8 nitrogen and oxygen atoms in total. The molecular formula is C12H22N4O4. The summed E-state index contributed by atoms with van der Waals surface area (Å²) in [6, 6.07) is -1.21. The Morgan fingerprint density at radius 3 is 2.55 bits per heavy atom. The van der Waals surface area contributed by atoms with Gasteiger partial charge in [0.25, 0.3) is 0 Å². The lowest BCUT2D eigenvalue weighted by molar-refractivity contribution is -0.139. The van der Waals surface area contributed by atoms with Crippen LogP contribution in [0.4, 0.5) is 4.79 Å². The molecule has 3 amide bonds. The number of likely N-dealkylation sites (tertiary alicyclic amines) is 1. The van der Waals surface area contributed by atoms with Crippen molar-refractivity contribution in [3.63, 3.8) is 0 Å². The van der Waals surface area contributed by atoms with Crippen molar-refractivity contribution in [2.75, 3.05) is 27.2 Å². The third-order valence-corrected chi connectivity index (χ3v) is 3.46. The average Bonchev–Trinajstić information content (AvgIpc) is 2.83. The van der Waals surface area contributed by atoms with Crippen molar-refractivity contribution in [3.05, 3.63) is 0 Å². The number of carbonyl (C=O) groups excluding carboxylic acids is 2. The van der Waals surface area contributed by atoms with E-state index in [0.717, 1.165) is 6.42 Å². The highest BCUT2D eigenvalue weighted by atomic mass is 16.4. The molecule has 0 aromatic rings. The normalized spacial score (nSPS) is 19.9. The fourth-order valence-corrected chi connectivity index (χ4v) is 2.13. The number of carboxylic acids is 1. The standard InChI is InChI=1S/C12H22N4O4/c1-15(2)8-5-6-16(7-8)12(20)14-9(11(18)19)3-4-10(13)17/h8-9H,3-7H2,1-2H3,(H2,13,17)(H,14,20)(H,18,19)/t8?,9-/m1/s1. The van der Waals surface area contributed by atoms with E-state index in [0.29, 0.717) is 13.1 Å². The number of amides is 3. The van der Waals surface area contributed by atoms with Crippen molar-refractivity contribution in [1.82, 2.24) is 15.1 Å². The van der Waals surface area contributed by atoms with Gasteiger partial charge in [-0.2, -0.15) is 0 Å². The van der Waals surface area contributed by atoms with Gasteiger partial charge in [-0.3, -0.25) is 4.79 Å². The first-order valence-electron chi connectivity index (χ1n) is 6.54. The topological polar surface area (TPSA) is 116 Å². The number of likely N-dealkylation sites (N-methyl/N-ethyl adjacent to an activating group) is 1. The Balaban J connectivity index is 2.50. The van der Waals surface area contributed by atoms with E-state index < -0.39 is 23.9 Å². The Morgan fingerprint density at radius 1 is 1.45 bits per heavy atom. The molecule has 0 saturated carbocycles. The summed E-state index contributed by atoms with van der Waals surface area (Å²) in [5.74, 6) is -1.75. The predicted molar refractivity (Wildman–Crippen MR) is 72.0 cm³/mol. The molecule has 20 heavy (non-hydrogen) atoms. The third kappa shape index (κ3) is 4.69. The molecule has 0 aliphatic carbocycles. The molecule has 0 aromatic carbocycles. The van der Waals surface area contributed by atoms with Crippen molar-refractivity contribution in [3.8, 4) is 0 Å². The van der Waals surface area contributed by atoms with E-state index in [9.17, 15) is 14.4 Å². The number of hydrogen-bond donors (Lipinski definition) is 3. The van der Waals surface area contributed by atoms with Crippen LogP contribution < -0.4 is 11.1 Å². The monoisotopic (exact) mass is 286 g/mol. The minimum absolute atomic E-state index is 0.00135. The van der Waals surface area contributed by atoms with E-state index in [4.69, 9.17) is 10.8 Å². The zero-order chi connectivity index (χ0) is 15.3. The quantitative estimate of drug-likeness (QED) is 0.582. The third-order valence-electron chi connectivity index (χ3n) is 3.46. The Labute approximate surface area is 117 Å². The number of carbonyl (C=O) groups is 3. The fraction of sp³-hybridized carbons (Fsp3) is 0.750. The van der Waals surface area contributed by atoms with Gasteiger partial charge < -0.3 is 26.0 Å². The van der Waals surface area contributed by atoms with Crippen LogP contribution in [0.2, 0.25) is 0 Å². The molecule has 0 radical (unpaired) electrons. The molecule has 0 aromatic heterocycles. The van der Waals surface area contributed by atoms with Gasteiger partial charge >= 0.3 is 12.0 Å². The summed E-state index contributed by atoms with van der Waals surface area (Å²) >= 11 is 0. The molecule has 4 N–H and O–H groups in total. The van der Waals surface area contributed by atoms with E-state index in [2.05, 4.69) is 5.32 Å². The molecule has 1 heterocycles. The Bertz CT molecular complexity index is 386. The van der Waals surface area contributed by atoms with Crippen LogP contribution in [-0.2, 0) is 9.59 Å². The summed E-state index contributed by atoms with van der Waals surface area (Å²) in [6.45, 7) is 1.16. The van der Waals surface area contributed by atoms with Gasteiger partial charge in [-0.1, -0.05) is 0 Å². The molecule has 1 aliphatic rings. The van der Waals surface area contributed by atoms with Crippen LogP contribution in [0.5, 0.6) is 0 Å². The van der Waals surface area contributed by atoms with Crippen LogP contribution in [0.15, 0.2) is 0 Å². The van der Waals surface area contributed by atoms with Crippen LogP contribution in [0.25, 0.3) is 0 Å². The van der Waals surface area contributed by atoms with Crippen LogP contribution in [-0.4, -0.2) is 72.1 Å². The number of urea groups is 1. The van der Waals surface area contributed by atoms with E-state index in [-0.39, 0.29) is 18.9 Å². The number of hydrogen-bond acceptors (Lipinski definition) is 4. The average molecular weight is 286 g/mol. The van der Waals surface area contributed by atoms with Crippen LogP contribution in [0.3, 0.4) is 0 Å². The van der Waals surface area contributed by atoms with Crippen LogP contribution in [0.1, 0.15) is 19.3 Å². The largest absolute Gasteiger partial charge is 0.480 e. The smallest absolute Gasteiger partial charge is 0.326 e. The number of primary amides is 1. The summed E-state index contributed by atoms with van der Waals surface area (Å²) in [5, 5.41) is 11.5. The number of carboxylic acid groups (broad SMARTS) is 1. The number of nitrogens with one attached hydrogen (secondary N) is 1. The maximum absolute atomic E-state index is 12.0. The van der Waals surface area contributed by atoms with Crippen LogP contribution >= 0.6 is 0 Å². The zero-order valence-corrected chi connectivity index (χ0v) is 11.8. The van der Waals surface area contributed by atoms with Gasteiger partial charge in [-0.25, -0.2) is 9.59 Å². The highest BCUT2D eigenvalue weighted by Crippen LogP contribution is 2.13. The molecule has 1 aliphatic heterocycles. The van der Waals surface area contributed by atoms with Crippen molar-refractivity contribution in [1.29, 1.82) is 0 Å². The molecule has 0 spiro atoms. The zero-order valence-electron chi connectivity index (χ0n) is 11.8. The van der Waals surface area contributed by atoms with Crippen molar-refractivity contribution < 1.29 is 19.5 Å². The van der Waals surface area contributed by atoms with Gasteiger partial charge in [-0.05, 0) is 26.9 Å². The van der Waals surface area contributed by atoms with E-state index in [1.165, 1.54) is 0 Å². The second-order valence-electron chi connectivity index (χ2n) is 5.20. The molecule has 1 fully saturated rings. The first-order valence-corrected chi connectivity index (χ1v) is 6.54. The Hall–Kier alpha value is -1.83. The lowest BCUT2D eigenvalue weighted by Gasteiger charge is -2.22. The van der Waals surface area contributed by atoms with Crippen molar-refractivity contribution >= 4 is 17.9 Å². The number of nitrogens with two attached hydrogens (primary N) is 1. The first kappa shape index (κ1) is 16.2. The van der Waals surface area contributed by atoms with Crippen molar-refractivity contribution in [2.45, 2.75) is 31.3 Å². The SMILES string of the molecule is CN(C)C1CCN(C(=O)N[C@H](CCC(N)=O)C(=O)O)C1. The van der Waals surface area contributed by atoms with Crippen molar-refractivity contribution in [2.24, 2.45) is 5.73 Å². The van der Waals surface area contributed by atoms with E-state index in [1.807, 2.05) is 19.0 Å². The Kier molecular flexibility index (Phi) is 5.75. The van der Waals surface area contributed by atoms with Gasteiger partial charge in [0, 0.05) is 25.6 Å². The summed E-state index contributed by atoms with van der Waals surface area (Å²) < 4.78 is 0. The summed E-state index contributed by atoms with van der Waals surface area (Å²) in [7, 11) is 3.89. The van der Waals surface area contributed by atoms with Gasteiger partial charge in [0.15, 0.2) is 0 Å². The lowest BCUT2D eigenvalue weighted by atomic mass is 10.1. The second-order valence-corrected chi connectivity index (χ2v) is 5.20. The van der Waals surface area contributed by atoms with Crippen LogP contribution in [0, 0.1) is 0 Å². The Morgan fingerprint density at radius 2 is 2.10 bits per heavy atom. The number of rotatable bonds is 6. The first-order chi connectivity index (χ1) is 9.31. The molecule has 1 saturated heterocycles. The number of nitrogens with zero attached hydrogens (tertiary/aromatic N) is 2. The molecule has 8 heteroatoms. The summed E-state index contributed by atoms with van der Waals surface area (Å²) in [5.41, 5.74) is 4.98. The van der Waals surface area contributed by atoms with E-state index in [1.54, 1.807) is 4.90 Å². The summed E-state index contributed by atoms with van der Waals surface area (Å²) in [4.78, 5) is 37.3. The molecule has 114 valence electrons. The molecular weight excluding hydrogens is 264 g/mol. The van der Waals surface area contributed by atoms with Gasteiger partial charge in [0.2, 0.25) is 5.91 Å². The highest BCUT2D eigenvalue weighted by Gasteiger charge is 2.30. The highest BCUT2D eigenvalue weighted by molar-refractivity contribution is 5.83. The summed E-state index contributed by atoms with van der Waals surface area (Å²) in [6.07, 6.45) is 0.790. The van der Waals surface area contributed by atoms with Gasteiger partial charge in [0.1, 0.15) is 6.04 Å². The predicted octanol–water partition coefficient (Wildman–Crippen LogP) is -0.949. The maximum Gasteiger partial charge on any atom is 0.326 e. The molecule has 1 rings (SSSR count).